The molecule has 5 rings (SSSR count). The van der Waals surface area contributed by atoms with Crippen LogP contribution in [0, 0.1) is 18.6 Å². The molecule has 7 heteroatoms. The molecule has 0 bridgehead atoms. The van der Waals surface area contributed by atoms with Crippen LogP contribution in [0.3, 0.4) is 0 Å². The number of aromatic nitrogens is 2. The summed E-state index contributed by atoms with van der Waals surface area (Å²) in [5.41, 5.74) is 5.73. The first-order chi connectivity index (χ1) is 17.5. The van der Waals surface area contributed by atoms with Crippen LogP contribution in [0.25, 0.3) is 33.5 Å². The second-order valence-corrected chi connectivity index (χ2v) is 8.73. The zero-order valence-electron chi connectivity index (χ0n) is 19.8. The zero-order valence-corrected chi connectivity index (χ0v) is 19.8. The van der Waals surface area contributed by atoms with E-state index in [0.29, 0.717) is 45.7 Å². The smallest absolute Gasteiger partial charge is 0.251 e. The lowest BCUT2D eigenvalue weighted by Crippen LogP contribution is -2.24. The molecular weight excluding hydrogens is 458 g/mol. The predicted octanol–water partition coefficient (Wildman–Crippen LogP) is 6.42. The van der Waals surface area contributed by atoms with Gasteiger partial charge in [0.05, 0.1) is 22.4 Å². The molecule has 5 nitrogen and oxygen atoms in total. The van der Waals surface area contributed by atoms with Crippen LogP contribution in [0.15, 0.2) is 77.9 Å². The number of halogens is 2. The zero-order chi connectivity index (χ0) is 25.1. The minimum Gasteiger partial charge on any atom is -0.352 e. The predicted molar refractivity (Wildman–Crippen MR) is 138 cm³/mol. The lowest BCUT2D eigenvalue weighted by Gasteiger charge is -2.13. The highest BCUT2D eigenvalue weighted by Crippen LogP contribution is 2.33. The quantitative estimate of drug-likeness (QED) is 0.309. The molecule has 180 valence electrons. The van der Waals surface area contributed by atoms with E-state index in [-0.39, 0.29) is 11.7 Å². The molecule has 0 fully saturated rings. The van der Waals surface area contributed by atoms with Crippen molar-refractivity contribution in [2.24, 2.45) is 4.99 Å². The molecule has 36 heavy (non-hydrogen) atoms. The Morgan fingerprint density at radius 2 is 1.69 bits per heavy atom. The van der Waals surface area contributed by atoms with Crippen molar-refractivity contribution in [3.63, 3.8) is 0 Å². The van der Waals surface area contributed by atoms with Crippen molar-refractivity contribution in [3.05, 3.63) is 95.7 Å². The average Bonchev–Trinajstić information content (AvgIpc) is 3.41. The fourth-order valence-electron chi connectivity index (χ4n) is 4.20. The molecule has 0 aliphatic carbocycles. The van der Waals surface area contributed by atoms with Crippen molar-refractivity contribution < 1.29 is 13.6 Å². The molecular formula is C29H24F2N4O. The Balaban J connectivity index is 1.48. The largest absolute Gasteiger partial charge is 0.352 e. The van der Waals surface area contributed by atoms with Crippen LogP contribution in [0.1, 0.15) is 35.2 Å². The summed E-state index contributed by atoms with van der Waals surface area (Å²) in [5, 5.41) is 2.95. The molecule has 1 amide bonds. The summed E-state index contributed by atoms with van der Waals surface area (Å²) in [6.45, 7) is 2.41. The number of nitrogens with zero attached hydrogens (tertiary/aromatic N) is 3. The van der Waals surface area contributed by atoms with E-state index < -0.39 is 5.82 Å². The topological polar surface area (TPSA) is 67.2 Å². The molecule has 4 aromatic rings. The van der Waals surface area contributed by atoms with Crippen molar-refractivity contribution >= 4 is 22.7 Å². The fourth-order valence-corrected chi connectivity index (χ4v) is 4.20. The van der Waals surface area contributed by atoms with Crippen LogP contribution < -0.4 is 5.32 Å². The summed E-state index contributed by atoms with van der Waals surface area (Å²) in [7, 11) is 0. The van der Waals surface area contributed by atoms with Gasteiger partial charge in [-0.05, 0) is 79.9 Å². The number of carbonyl (C=O) groups excluding carboxylic acids is 1. The summed E-state index contributed by atoms with van der Waals surface area (Å²) in [6.07, 6.45) is 6.36. The van der Waals surface area contributed by atoms with Gasteiger partial charge in [0.25, 0.3) is 5.91 Å². The number of benzene rings is 3. The van der Waals surface area contributed by atoms with Crippen molar-refractivity contribution in [2.45, 2.75) is 26.2 Å². The van der Waals surface area contributed by atoms with Gasteiger partial charge in [0.15, 0.2) is 0 Å². The molecule has 0 unspecified atom stereocenters. The number of allylic oxidation sites excluding steroid dienone is 1. The molecule has 0 atom stereocenters. The number of hydrogen-bond donors (Lipinski definition) is 1. The maximum absolute atomic E-state index is 14.2. The van der Waals surface area contributed by atoms with Crippen molar-refractivity contribution in [1.82, 2.24) is 15.3 Å². The Morgan fingerprint density at radius 3 is 2.47 bits per heavy atom. The molecule has 0 saturated heterocycles. The third-order valence-corrected chi connectivity index (χ3v) is 6.14. The first kappa shape index (κ1) is 23.5. The highest BCUT2D eigenvalue weighted by molar-refractivity contribution is 5.98. The monoisotopic (exact) mass is 482 g/mol. The van der Waals surface area contributed by atoms with E-state index in [0.717, 1.165) is 30.5 Å². The molecule has 1 aliphatic heterocycles. The van der Waals surface area contributed by atoms with Gasteiger partial charge in [-0.25, -0.2) is 18.7 Å². The number of aryl methyl sites for hydroxylation is 1. The van der Waals surface area contributed by atoms with Gasteiger partial charge < -0.3 is 5.32 Å². The number of rotatable bonds is 7. The van der Waals surface area contributed by atoms with Gasteiger partial charge in [-0.15, -0.1) is 0 Å². The van der Waals surface area contributed by atoms with Gasteiger partial charge in [-0.3, -0.25) is 9.79 Å². The van der Waals surface area contributed by atoms with E-state index in [1.54, 1.807) is 36.4 Å². The maximum atomic E-state index is 14.2. The van der Waals surface area contributed by atoms with E-state index in [2.05, 4.69) is 10.3 Å². The third-order valence-electron chi connectivity index (χ3n) is 6.14. The first-order valence-electron chi connectivity index (χ1n) is 11.8. The van der Waals surface area contributed by atoms with Crippen molar-refractivity contribution in [1.29, 1.82) is 0 Å². The van der Waals surface area contributed by atoms with Crippen LogP contribution in [0.5, 0.6) is 0 Å². The second kappa shape index (κ2) is 10.2. The van der Waals surface area contributed by atoms with Crippen molar-refractivity contribution in [2.75, 3.05) is 6.54 Å². The normalized spacial score (nSPS) is 12.7. The molecule has 3 aromatic carbocycles. The summed E-state index contributed by atoms with van der Waals surface area (Å²) in [5.74, 6) is -0.953. The molecule has 1 N–H and O–H groups in total. The van der Waals surface area contributed by atoms with Crippen LogP contribution in [0.2, 0.25) is 0 Å². The lowest BCUT2D eigenvalue weighted by atomic mass is 9.99. The molecule has 0 radical (unpaired) electrons. The summed E-state index contributed by atoms with van der Waals surface area (Å²) in [4.78, 5) is 26.7. The van der Waals surface area contributed by atoms with E-state index >= 15 is 0 Å². The van der Waals surface area contributed by atoms with E-state index in [1.165, 1.54) is 24.3 Å². The lowest BCUT2D eigenvalue weighted by molar-refractivity contribution is 0.0953. The Bertz CT molecular complexity index is 1510. The first-order valence-corrected chi connectivity index (χ1v) is 11.8. The van der Waals surface area contributed by atoms with Crippen LogP contribution in [0.4, 0.5) is 8.78 Å². The molecule has 1 aliphatic rings. The van der Waals surface area contributed by atoms with Gasteiger partial charge in [-0.2, -0.15) is 0 Å². The van der Waals surface area contributed by atoms with Gasteiger partial charge in [0, 0.05) is 41.6 Å². The number of fused-ring (bicyclic) bond motifs is 1. The fraction of sp³-hybridized carbons (Fsp3) is 0.172. The third kappa shape index (κ3) is 5.05. The van der Waals surface area contributed by atoms with Crippen LogP contribution in [-0.4, -0.2) is 28.1 Å². The van der Waals surface area contributed by atoms with Crippen molar-refractivity contribution in [3.8, 4) is 22.5 Å². The van der Waals surface area contributed by atoms with Crippen LogP contribution in [-0.2, 0) is 0 Å². The molecule has 1 aromatic heterocycles. The van der Waals surface area contributed by atoms with E-state index in [9.17, 15) is 13.6 Å². The van der Waals surface area contributed by atoms with Gasteiger partial charge in [0.1, 0.15) is 11.6 Å². The minimum absolute atomic E-state index is 0.198. The Hall–Kier alpha value is -4.26. The SMILES string of the molecule is Cc1ccc(F)cc1-c1nc2cc(C(=O)NCCCC3=NC=CC3)ccc2nc1-c1ccc(F)cc1. The Morgan fingerprint density at radius 1 is 0.917 bits per heavy atom. The van der Waals surface area contributed by atoms with Gasteiger partial charge in [0.2, 0.25) is 0 Å². The highest BCUT2D eigenvalue weighted by atomic mass is 19.1. The van der Waals surface area contributed by atoms with Gasteiger partial charge >= 0.3 is 0 Å². The molecule has 2 heterocycles. The van der Waals surface area contributed by atoms with E-state index in [4.69, 9.17) is 9.97 Å². The maximum Gasteiger partial charge on any atom is 0.251 e. The number of amides is 1. The van der Waals surface area contributed by atoms with E-state index in [1.807, 2.05) is 19.2 Å². The molecule has 0 saturated carbocycles. The summed E-state index contributed by atoms with van der Waals surface area (Å²) in [6, 6.07) is 15.6. The number of hydrogen-bond acceptors (Lipinski definition) is 4. The number of nitrogens with one attached hydrogen (secondary N) is 1. The second-order valence-electron chi connectivity index (χ2n) is 8.73. The summed E-state index contributed by atoms with van der Waals surface area (Å²) >= 11 is 0. The average molecular weight is 483 g/mol. The highest BCUT2D eigenvalue weighted by Gasteiger charge is 2.17. The number of carbonyl (C=O) groups is 1. The summed E-state index contributed by atoms with van der Waals surface area (Å²) < 4.78 is 27.8. The minimum atomic E-state index is -0.393. The standard InChI is InChI=1S/C29H24F2N4O/c1-18-6-10-22(31)17-24(18)28-27(19-7-11-21(30)12-8-19)34-25-13-9-20(16-26(25)35-28)29(36)33-15-3-5-23-4-2-14-32-23/h2,6-14,16-17H,3-5,15H2,1H3,(H,33,36). The molecule has 0 spiro atoms. The Kier molecular flexibility index (Phi) is 6.62. The number of aliphatic imine (C=N–C) groups is 1. The Labute approximate surface area is 207 Å². The van der Waals surface area contributed by atoms with Crippen LogP contribution >= 0.6 is 0 Å². The van der Waals surface area contributed by atoms with Gasteiger partial charge in [-0.1, -0.05) is 12.1 Å².